The minimum absolute atomic E-state index is 0.125. The van der Waals surface area contributed by atoms with Crippen molar-refractivity contribution in [2.45, 2.75) is 22.7 Å². The van der Waals surface area contributed by atoms with Crippen LogP contribution in [0.4, 0.5) is 0 Å². The minimum Gasteiger partial charge on any atom is -0.460 e. The number of halogens is 2. The van der Waals surface area contributed by atoms with Gasteiger partial charge >= 0.3 is 5.97 Å². The second kappa shape index (κ2) is 5.19. The molecule has 0 radical (unpaired) electrons. The standard InChI is InChI=1S/C7H11Br2NO2/c8-6(9)7(11)12-5-1-3-10-4-2-5/h5-6,10H,1-4H2/p+1. The number of carbonyl (C=O) groups is 1. The molecular weight excluding hydrogens is 290 g/mol. The lowest BCUT2D eigenvalue weighted by atomic mass is 10.1. The largest absolute Gasteiger partial charge is 0.460 e. The molecule has 0 unspecified atom stereocenters. The van der Waals surface area contributed by atoms with Crippen molar-refractivity contribution in [3.05, 3.63) is 0 Å². The molecule has 70 valence electrons. The monoisotopic (exact) mass is 300 g/mol. The van der Waals surface area contributed by atoms with Crippen molar-refractivity contribution in [1.82, 2.24) is 0 Å². The van der Waals surface area contributed by atoms with Gasteiger partial charge in [0.25, 0.3) is 0 Å². The summed E-state index contributed by atoms with van der Waals surface area (Å²) >= 11 is 6.20. The zero-order valence-electron chi connectivity index (χ0n) is 6.63. The Balaban J connectivity index is 2.24. The fourth-order valence-corrected chi connectivity index (χ4v) is 1.45. The Morgan fingerprint density at radius 2 is 2.00 bits per heavy atom. The first-order valence-corrected chi connectivity index (χ1v) is 5.83. The molecule has 0 saturated carbocycles. The molecule has 1 saturated heterocycles. The van der Waals surface area contributed by atoms with Crippen molar-refractivity contribution in [2.24, 2.45) is 0 Å². The van der Waals surface area contributed by atoms with E-state index in [9.17, 15) is 4.79 Å². The third kappa shape index (κ3) is 3.41. The van der Waals surface area contributed by atoms with Gasteiger partial charge in [-0.2, -0.15) is 0 Å². The summed E-state index contributed by atoms with van der Waals surface area (Å²) in [6, 6.07) is 0. The molecule has 1 heterocycles. The van der Waals surface area contributed by atoms with Gasteiger partial charge in [-0.3, -0.25) is 0 Å². The van der Waals surface area contributed by atoms with Crippen LogP contribution >= 0.6 is 31.9 Å². The average molecular weight is 302 g/mol. The Hall–Kier alpha value is 0.390. The van der Waals surface area contributed by atoms with Gasteiger partial charge in [0.05, 0.1) is 13.1 Å². The molecule has 0 bridgehead atoms. The number of ether oxygens (including phenoxy) is 1. The van der Waals surface area contributed by atoms with Crippen LogP contribution in [0, 0.1) is 0 Å². The summed E-state index contributed by atoms with van der Waals surface area (Å²) in [5.74, 6) is -0.220. The van der Waals surface area contributed by atoms with Crippen LogP contribution < -0.4 is 5.32 Å². The van der Waals surface area contributed by atoms with Gasteiger partial charge in [-0.05, 0) is 0 Å². The lowest BCUT2D eigenvalue weighted by molar-refractivity contribution is -0.664. The molecule has 1 aliphatic rings. The van der Waals surface area contributed by atoms with Gasteiger partial charge < -0.3 is 10.1 Å². The summed E-state index contributed by atoms with van der Waals surface area (Å²) in [4.78, 5) is 11.1. The van der Waals surface area contributed by atoms with Crippen molar-refractivity contribution in [2.75, 3.05) is 13.1 Å². The summed E-state index contributed by atoms with van der Waals surface area (Å²) in [5.41, 5.74) is 0. The highest BCUT2D eigenvalue weighted by molar-refractivity contribution is 9.25. The molecule has 0 aromatic carbocycles. The third-order valence-electron chi connectivity index (χ3n) is 1.85. The molecule has 0 spiro atoms. The maximum Gasteiger partial charge on any atom is 0.330 e. The molecule has 12 heavy (non-hydrogen) atoms. The number of esters is 1. The molecule has 0 aliphatic carbocycles. The number of nitrogens with two attached hydrogens (primary N) is 1. The van der Waals surface area contributed by atoms with Crippen LogP contribution in [0.25, 0.3) is 0 Å². The molecule has 1 aliphatic heterocycles. The quantitative estimate of drug-likeness (QED) is 0.592. The van der Waals surface area contributed by atoms with Crippen LogP contribution in [0.2, 0.25) is 0 Å². The second-order valence-corrected chi connectivity index (χ2v) is 5.86. The molecule has 5 heteroatoms. The summed E-state index contributed by atoms with van der Waals surface area (Å²) in [6.45, 7) is 2.13. The number of quaternary nitrogens is 1. The van der Waals surface area contributed by atoms with Crippen LogP contribution in [0.1, 0.15) is 12.8 Å². The van der Waals surface area contributed by atoms with Gasteiger partial charge in [-0.25, -0.2) is 4.79 Å². The molecule has 0 atom stereocenters. The fourth-order valence-electron chi connectivity index (χ4n) is 1.23. The van der Waals surface area contributed by atoms with E-state index < -0.39 is 0 Å². The van der Waals surface area contributed by atoms with E-state index in [1.54, 1.807) is 0 Å². The number of alkyl halides is 2. The smallest absolute Gasteiger partial charge is 0.330 e. The highest BCUT2D eigenvalue weighted by atomic mass is 79.9. The lowest BCUT2D eigenvalue weighted by Crippen LogP contribution is -2.86. The van der Waals surface area contributed by atoms with Crippen molar-refractivity contribution >= 4 is 37.8 Å². The first kappa shape index (κ1) is 10.5. The van der Waals surface area contributed by atoms with Crippen LogP contribution in [-0.4, -0.2) is 28.9 Å². The molecule has 3 nitrogen and oxygen atoms in total. The Bertz CT molecular complexity index is 157. The Kier molecular flexibility index (Phi) is 4.53. The van der Waals surface area contributed by atoms with E-state index in [1.807, 2.05) is 0 Å². The molecule has 1 fully saturated rings. The van der Waals surface area contributed by atoms with E-state index in [0.717, 1.165) is 25.9 Å². The number of hydrogen-bond acceptors (Lipinski definition) is 2. The van der Waals surface area contributed by atoms with E-state index in [0.29, 0.717) is 0 Å². The van der Waals surface area contributed by atoms with Crippen molar-refractivity contribution in [3.8, 4) is 0 Å². The minimum atomic E-state index is -0.365. The van der Waals surface area contributed by atoms with Crippen LogP contribution in [0.3, 0.4) is 0 Å². The van der Waals surface area contributed by atoms with E-state index >= 15 is 0 Å². The maximum atomic E-state index is 11.1. The molecule has 0 amide bonds. The van der Waals surface area contributed by atoms with Crippen LogP contribution in [0.5, 0.6) is 0 Å². The molecule has 1 rings (SSSR count). The first-order chi connectivity index (χ1) is 5.70. The highest BCUT2D eigenvalue weighted by Crippen LogP contribution is 2.13. The van der Waals surface area contributed by atoms with Gasteiger partial charge in [-0.1, -0.05) is 31.9 Å². The number of hydrogen-bond donors (Lipinski definition) is 1. The Morgan fingerprint density at radius 1 is 1.42 bits per heavy atom. The van der Waals surface area contributed by atoms with Crippen molar-refractivity contribution in [3.63, 3.8) is 0 Å². The number of rotatable bonds is 2. The van der Waals surface area contributed by atoms with Gasteiger partial charge in [0.15, 0.2) is 3.74 Å². The SMILES string of the molecule is O=C(OC1CC[NH2+]CC1)C(Br)Br. The summed E-state index contributed by atoms with van der Waals surface area (Å²) < 4.78 is 4.84. The summed E-state index contributed by atoms with van der Waals surface area (Å²) in [5, 5.41) is 2.24. The van der Waals surface area contributed by atoms with Crippen LogP contribution in [-0.2, 0) is 9.53 Å². The van der Waals surface area contributed by atoms with E-state index in [2.05, 4.69) is 37.2 Å². The van der Waals surface area contributed by atoms with Gasteiger partial charge in [0.1, 0.15) is 6.10 Å². The molecule has 2 N–H and O–H groups in total. The van der Waals surface area contributed by atoms with Gasteiger partial charge in [-0.15, -0.1) is 0 Å². The van der Waals surface area contributed by atoms with E-state index in [-0.39, 0.29) is 15.8 Å². The molecule has 0 aromatic rings. The number of carbonyl (C=O) groups excluding carboxylic acids is 1. The molecular formula is C7H12Br2NO2+. The zero-order chi connectivity index (χ0) is 8.97. The van der Waals surface area contributed by atoms with Crippen molar-refractivity contribution < 1.29 is 14.8 Å². The highest BCUT2D eigenvalue weighted by Gasteiger charge is 2.21. The predicted octanol–water partition coefficient (Wildman–Crippen LogP) is 0.371. The first-order valence-electron chi connectivity index (χ1n) is 4.00. The third-order valence-corrected chi connectivity index (χ3v) is 2.59. The van der Waals surface area contributed by atoms with Gasteiger partial charge in [0.2, 0.25) is 0 Å². The maximum absolute atomic E-state index is 11.1. The number of piperidine rings is 1. The average Bonchev–Trinajstić information content (AvgIpc) is 2.06. The van der Waals surface area contributed by atoms with E-state index in [4.69, 9.17) is 4.74 Å². The Morgan fingerprint density at radius 3 is 2.50 bits per heavy atom. The van der Waals surface area contributed by atoms with Crippen LogP contribution in [0.15, 0.2) is 0 Å². The molecule has 0 aromatic heterocycles. The van der Waals surface area contributed by atoms with Crippen molar-refractivity contribution in [1.29, 1.82) is 0 Å². The lowest BCUT2D eigenvalue weighted by Gasteiger charge is -2.20. The van der Waals surface area contributed by atoms with E-state index in [1.165, 1.54) is 0 Å². The summed E-state index contributed by atoms with van der Waals surface area (Å²) in [7, 11) is 0. The predicted molar refractivity (Wildman–Crippen MR) is 52.4 cm³/mol. The van der Waals surface area contributed by atoms with Gasteiger partial charge in [0, 0.05) is 12.8 Å². The second-order valence-electron chi connectivity index (χ2n) is 2.80. The topological polar surface area (TPSA) is 42.9 Å². The summed E-state index contributed by atoms with van der Waals surface area (Å²) in [6.07, 6.45) is 2.07. The zero-order valence-corrected chi connectivity index (χ0v) is 9.80. The fraction of sp³-hybridized carbons (Fsp3) is 0.857. The Labute approximate surface area is 88.5 Å². The normalized spacial score (nSPS) is 19.6.